The van der Waals surface area contributed by atoms with Gasteiger partial charge in [-0.25, -0.2) is 14.8 Å². The number of nitrogens with zero attached hydrogens (tertiary/aromatic N) is 2. The molecule has 0 spiro atoms. The van der Waals surface area contributed by atoms with Crippen LogP contribution in [0, 0.1) is 0 Å². The van der Waals surface area contributed by atoms with Crippen molar-refractivity contribution in [3.05, 3.63) is 18.1 Å². The van der Waals surface area contributed by atoms with Crippen LogP contribution in [0.1, 0.15) is 23.3 Å². The first-order valence-electron chi connectivity index (χ1n) is 3.98. The van der Waals surface area contributed by atoms with Gasteiger partial charge in [-0.2, -0.15) is 0 Å². The zero-order valence-electron chi connectivity index (χ0n) is 6.80. The average molecular weight is 180 g/mol. The number of aromatic nitrogens is 2. The van der Waals surface area contributed by atoms with Gasteiger partial charge in [-0.1, -0.05) is 0 Å². The summed E-state index contributed by atoms with van der Waals surface area (Å²) in [4.78, 5) is 17.9. The molecular formula is C8H8N2O3. The van der Waals surface area contributed by atoms with E-state index in [2.05, 4.69) is 9.97 Å². The Hall–Kier alpha value is -1.65. The maximum absolute atomic E-state index is 10.4. The highest BCUT2D eigenvalue weighted by Crippen LogP contribution is 2.24. The maximum atomic E-state index is 10.4. The van der Waals surface area contributed by atoms with E-state index in [9.17, 15) is 4.79 Å². The summed E-state index contributed by atoms with van der Waals surface area (Å²) < 4.78 is 5.29. The minimum absolute atomic E-state index is 0.0665. The van der Waals surface area contributed by atoms with Crippen molar-refractivity contribution in [2.24, 2.45) is 0 Å². The van der Waals surface area contributed by atoms with Crippen LogP contribution in [-0.2, 0) is 0 Å². The van der Waals surface area contributed by atoms with Crippen molar-refractivity contribution in [3.8, 4) is 5.88 Å². The molecule has 2 rings (SSSR count). The molecule has 0 saturated heterocycles. The summed E-state index contributed by atoms with van der Waals surface area (Å²) in [5, 5.41) is 8.53. The van der Waals surface area contributed by atoms with Gasteiger partial charge in [0, 0.05) is 0 Å². The molecule has 5 nitrogen and oxygen atoms in total. The van der Waals surface area contributed by atoms with Gasteiger partial charge < -0.3 is 9.84 Å². The molecule has 0 bridgehead atoms. The molecule has 68 valence electrons. The molecule has 0 atom stereocenters. The molecule has 1 heterocycles. The first-order chi connectivity index (χ1) is 6.25. The Bertz CT molecular complexity index is 319. The Kier molecular flexibility index (Phi) is 1.84. The largest absolute Gasteiger partial charge is 0.476 e. The molecule has 0 aliphatic heterocycles. The molecule has 1 N–H and O–H groups in total. The Morgan fingerprint density at radius 3 is 2.69 bits per heavy atom. The Balaban J connectivity index is 2.08. The molecule has 0 unspecified atom stereocenters. The van der Waals surface area contributed by atoms with Crippen LogP contribution in [0.2, 0.25) is 0 Å². The minimum Gasteiger partial charge on any atom is -0.476 e. The van der Waals surface area contributed by atoms with Gasteiger partial charge in [-0.3, -0.25) is 0 Å². The van der Waals surface area contributed by atoms with E-state index in [1.54, 1.807) is 0 Å². The third-order valence-corrected chi connectivity index (χ3v) is 1.66. The summed E-state index contributed by atoms with van der Waals surface area (Å²) in [7, 11) is 0. The average Bonchev–Trinajstić information content (AvgIpc) is 2.89. The van der Waals surface area contributed by atoms with Crippen molar-refractivity contribution in [2.45, 2.75) is 18.9 Å². The summed E-state index contributed by atoms with van der Waals surface area (Å²) in [6, 6.07) is 0. The lowest BCUT2D eigenvalue weighted by atomic mass is 10.5. The fourth-order valence-corrected chi connectivity index (χ4v) is 0.844. The smallest absolute Gasteiger partial charge is 0.356 e. The number of ether oxygens (including phenoxy) is 1. The fourth-order valence-electron chi connectivity index (χ4n) is 0.844. The number of aromatic carboxylic acids is 1. The number of hydrogen-bond acceptors (Lipinski definition) is 4. The lowest BCUT2D eigenvalue weighted by molar-refractivity contribution is 0.0690. The zero-order chi connectivity index (χ0) is 9.26. The number of rotatable bonds is 3. The summed E-state index contributed by atoms with van der Waals surface area (Å²) in [5.41, 5.74) is -0.0665. The molecule has 1 aromatic rings. The minimum atomic E-state index is -1.08. The number of carboxylic acid groups (broad SMARTS) is 1. The molecule has 5 heteroatoms. The Labute approximate surface area is 74.4 Å². The predicted octanol–water partition coefficient (Wildman–Crippen LogP) is 0.716. The van der Waals surface area contributed by atoms with Crippen LogP contribution >= 0.6 is 0 Å². The third kappa shape index (κ3) is 1.93. The number of carbonyl (C=O) groups is 1. The third-order valence-electron chi connectivity index (χ3n) is 1.66. The van der Waals surface area contributed by atoms with E-state index >= 15 is 0 Å². The van der Waals surface area contributed by atoms with Crippen LogP contribution in [0.3, 0.4) is 0 Å². The van der Waals surface area contributed by atoms with Crippen molar-refractivity contribution >= 4 is 5.97 Å². The standard InChI is InChI=1S/C8H8N2O3/c11-8(12)6-3-10-7(4-9-6)13-5-1-2-5/h3-5H,1-2H2,(H,11,12). The van der Waals surface area contributed by atoms with Crippen molar-refractivity contribution in [3.63, 3.8) is 0 Å². The monoisotopic (exact) mass is 180 g/mol. The SMILES string of the molecule is O=C(O)c1cnc(OC2CC2)cn1. The Morgan fingerprint density at radius 2 is 2.23 bits per heavy atom. The molecule has 1 fully saturated rings. The van der Waals surface area contributed by atoms with Crippen LogP contribution in [0.15, 0.2) is 12.4 Å². The maximum Gasteiger partial charge on any atom is 0.356 e. The second-order valence-corrected chi connectivity index (χ2v) is 2.86. The topological polar surface area (TPSA) is 72.3 Å². The van der Waals surface area contributed by atoms with E-state index in [0.717, 1.165) is 12.8 Å². The predicted molar refractivity (Wildman–Crippen MR) is 42.6 cm³/mol. The van der Waals surface area contributed by atoms with Gasteiger partial charge in [-0.05, 0) is 12.8 Å². The lowest BCUT2D eigenvalue weighted by Crippen LogP contribution is -2.03. The van der Waals surface area contributed by atoms with Crippen LogP contribution < -0.4 is 4.74 Å². The zero-order valence-corrected chi connectivity index (χ0v) is 6.80. The fraction of sp³-hybridized carbons (Fsp3) is 0.375. The van der Waals surface area contributed by atoms with Gasteiger partial charge in [0.15, 0.2) is 5.69 Å². The first kappa shape index (κ1) is 7.97. The number of hydrogen-bond donors (Lipinski definition) is 1. The van der Waals surface area contributed by atoms with Gasteiger partial charge in [-0.15, -0.1) is 0 Å². The summed E-state index contributed by atoms with van der Waals surface area (Å²) in [6.45, 7) is 0. The summed E-state index contributed by atoms with van der Waals surface area (Å²) in [5.74, 6) is -0.682. The highest BCUT2D eigenvalue weighted by atomic mass is 16.5. The van der Waals surface area contributed by atoms with E-state index in [1.807, 2.05) is 0 Å². The van der Waals surface area contributed by atoms with Crippen LogP contribution in [0.25, 0.3) is 0 Å². The molecule has 1 saturated carbocycles. The van der Waals surface area contributed by atoms with Crippen molar-refractivity contribution < 1.29 is 14.6 Å². The molecule has 1 aliphatic rings. The van der Waals surface area contributed by atoms with Gasteiger partial charge in [0.25, 0.3) is 0 Å². The highest BCUT2D eigenvalue weighted by Gasteiger charge is 2.24. The van der Waals surface area contributed by atoms with Crippen LogP contribution in [-0.4, -0.2) is 27.1 Å². The van der Waals surface area contributed by atoms with Gasteiger partial charge in [0.1, 0.15) is 6.10 Å². The molecule has 1 aliphatic carbocycles. The molecule has 0 amide bonds. The highest BCUT2D eigenvalue weighted by molar-refractivity contribution is 5.84. The van der Waals surface area contributed by atoms with Crippen LogP contribution in [0.4, 0.5) is 0 Å². The van der Waals surface area contributed by atoms with E-state index in [-0.39, 0.29) is 11.8 Å². The number of carboxylic acids is 1. The molecule has 1 aromatic heterocycles. The van der Waals surface area contributed by atoms with E-state index in [1.165, 1.54) is 12.4 Å². The molecular weight excluding hydrogens is 172 g/mol. The molecule has 0 radical (unpaired) electrons. The van der Waals surface area contributed by atoms with Crippen molar-refractivity contribution in [1.82, 2.24) is 9.97 Å². The first-order valence-corrected chi connectivity index (χ1v) is 3.98. The molecule has 0 aromatic carbocycles. The summed E-state index contributed by atoms with van der Waals surface area (Å²) in [6.07, 6.45) is 4.87. The van der Waals surface area contributed by atoms with E-state index < -0.39 is 5.97 Å². The van der Waals surface area contributed by atoms with Crippen molar-refractivity contribution in [1.29, 1.82) is 0 Å². The summed E-state index contributed by atoms with van der Waals surface area (Å²) >= 11 is 0. The van der Waals surface area contributed by atoms with E-state index in [4.69, 9.17) is 9.84 Å². The van der Waals surface area contributed by atoms with Crippen LogP contribution in [0.5, 0.6) is 5.88 Å². The van der Waals surface area contributed by atoms with Crippen molar-refractivity contribution in [2.75, 3.05) is 0 Å². The second-order valence-electron chi connectivity index (χ2n) is 2.86. The second kappa shape index (κ2) is 3.01. The quantitative estimate of drug-likeness (QED) is 0.741. The normalized spacial score (nSPS) is 15.4. The Morgan fingerprint density at radius 1 is 1.46 bits per heavy atom. The lowest BCUT2D eigenvalue weighted by Gasteiger charge is -2.01. The van der Waals surface area contributed by atoms with Gasteiger partial charge in [0.2, 0.25) is 5.88 Å². The molecule has 13 heavy (non-hydrogen) atoms. The van der Waals surface area contributed by atoms with Gasteiger partial charge >= 0.3 is 5.97 Å². The van der Waals surface area contributed by atoms with E-state index in [0.29, 0.717) is 5.88 Å². The van der Waals surface area contributed by atoms with Gasteiger partial charge in [0.05, 0.1) is 12.4 Å².